The average molecular weight is 448 g/mol. The minimum Gasteiger partial charge on any atom is -0.496 e. The number of benzene rings is 2. The van der Waals surface area contributed by atoms with Crippen molar-refractivity contribution in [2.45, 2.75) is 19.1 Å². The van der Waals surface area contributed by atoms with Gasteiger partial charge in [0.2, 0.25) is 0 Å². The molecule has 0 radical (unpaired) electrons. The summed E-state index contributed by atoms with van der Waals surface area (Å²) in [5.41, 5.74) is 1.95. The third kappa shape index (κ3) is 6.58. The van der Waals surface area contributed by atoms with Gasteiger partial charge in [0.15, 0.2) is 0 Å². The summed E-state index contributed by atoms with van der Waals surface area (Å²) >= 11 is 0. The van der Waals surface area contributed by atoms with E-state index in [1.807, 2.05) is 30.3 Å². The van der Waals surface area contributed by atoms with Crippen molar-refractivity contribution in [2.75, 3.05) is 20.8 Å². The fraction of sp³-hybridized carbons (Fsp3) is 0.250. The number of alkyl carbamates (subject to hydrolysis) is 1. The maximum atomic E-state index is 12.2. The van der Waals surface area contributed by atoms with E-state index >= 15 is 0 Å². The lowest BCUT2D eigenvalue weighted by Crippen LogP contribution is -2.39. The van der Waals surface area contributed by atoms with Crippen LogP contribution in [0.3, 0.4) is 0 Å². The van der Waals surface area contributed by atoms with E-state index in [2.05, 4.69) is 26.4 Å². The Morgan fingerprint density at radius 3 is 2.48 bits per heavy atom. The van der Waals surface area contributed by atoms with E-state index in [0.717, 1.165) is 5.56 Å². The smallest absolute Gasteiger partial charge is 0.407 e. The molecule has 9 heteroatoms. The number of aromatic nitrogens is 3. The first-order valence-corrected chi connectivity index (χ1v) is 10.1. The fourth-order valence-electron chi connectivity index (χ4n) is 2.97. The number of terminal acetylenes is 1. The Kier molecular flexibility index (Phi) is 8.42. The van der Waals surface area contributed by atoms with Crippen LogP contribution in [0.5, 0.6) is 17.5 Å². The van der Waals surface area contributed by atoms with Crippen LogP contribution in [0.1, 0.15) is 12.0 Å². The van der Waals surface area contributed by atoms with Crippen LogP contribution in [0, 0.1) is 12.3 Å². The van der Waals surface area contributed by atoms with Crippen molar-refractivity contribution in [3.63, 3.8) is 0 Å². The Morgan fingerprint density at radius 1 is 1.09 bits per heavy atom. The molecule has 0 aliphatic heterocycles. The van der Waals surface area contributed by atoms with Crippen LogP contribution in [0.4, 0.5) is 4.79 Å². The van der Waals surface area contributed by atoms with Crippen molar-refractivity contribution >= 4 is 6.09 Å². The Balaban J connectivity index is 1.64. The highest BCUT2D eigenvalue weighted by Crippen LogP contribution is 2.37. The average Bonchev–Trinajstić information content (AvgIpc) is 2.86. The van der Waals surface area contributed by atoms with E-state index in [1.165, 1.54) is 6.20 Å². The van der Waals surface area contributed by atoms with E-state index in [-0.39, 0.29) is 25.6 Å². The lowest BCUT2D eigenvalue weighted by atomic mass is 10.1. The summed E-state index contributed by atoms with van der Waals surface area (Å²) < 4.78 is 21.7. The van der Waals surface area contributed by atoms with Crippen molar-refractivity contribution < 1.29 is 23.7 Å². The summed E-state index contributed by atoms with van der Waals surface area (Å²) in [7, 11) is 3.11. The van der Waals surface area contributed by atoms with E-state index in [1.54, 1.807) is 32.4 Å². The Bertz CT molecular complexity index is 1080. The highest BCUT2D eigenvalue weighted by atomic mass is 16.5. The zero-order valence-corrected chi connectivity index (χ0v) is 18.4. The molecule has 0 aliphatic rings. The zero-order chi connectivity index (χ0) is 23.5. The van der Waals surface area contributed by atoms with Crippen LogP contribution in [0.25, 0.3) is 11.3 Å². The van der Waals surface area contributed by atoms with E-state index in [9.17, 15) is 4.79 Å². The first-order chi connectivity index (χ1) is 16.1. The largest absolute Gasteiger partial charge is 0.496 e. The highest BCUT2D eigenvalue weighted by molar-refractivity contribution is 5.73. The van der Waals surface area contributed by atoms with Gasteiger partial charge in [-0.3, -0.25) is 0 Å². The molecule has 0 saturated heterocycles. The van der Waals surface area contributed by atoms with Crippen molar-refractivity contribution in [1.29, 1.82) is 0 Å². The van der Waals surface area contributed by atoms with Gasteiger partial charge in [0.05, 0.1) is 32.0 Å². The second-order valence-electron chi connectivity index (χ2n) is 6.78. The minimum atomic E-state index is -0.603. The second-order valence-corrected chi connectivity index (χ2v) is 6.78. The molecule has 1 amide bonds. The monoisotopic (exact) mass is 448 g/mol. The Labute approximate surface area is 192 Å². The van der Waals surface area contributed by atoms with Gasteiger partial charge < -0.3 is 24.3 Å². The number of hydrogen-bond donors (Lipinski definition) is 1. The lowest BCUT2D eigenvalue weighted by molar-refractivity contribution is 0.130. The van der Waals surface area contributed by atoms with Gasteiger partial charge in [-0.1, -0.05) is 41.5 Å². The molecule has 3 rings (SSSR count). The molecule has 170 valence electrons. The van der Waals surface area contributed by atoms with Gasteiger partial charge in [-0.25, -0.2) is 4.79 Å². The molecular formula is C24H24N4O5. The zero-order valence-electron chi connectivity index (χ0n) is 18.4. The van der Waals surface area contributed by atoms with Crippen LogP contribution in [0.15, 0.2) is 54.7 Å². The molecule has 0 spiro atoms. The van der Waals surface area contributed by atoms with Crippen LogP contribution < -0.4 is 19.5 Å². The van der Waals surface area contributed by atoms with Crippen LogP contribution >= 0.6 is 0 Å². The first-order valence-electron chi connectivity index (χ1n) is 10.1. The summed E-state index contributed by atoms with van der Waals surface area (Å²) in [5, 5.41) is 10.6. The van der Waals surface area contributed by atoms with Gasteiger partial charge in [-0.05, 0) is 17.7 Å². The van der Waals surface area contributed by atoms with Gasteiger partial charge in [0.1, 0.15) is 30.4 Å². The molecular weight excluding hydrogens is 424 g/mol. The second kappa shape index (κ2) is 11.9. The van der Waals surface area contributed by atoms with Crippen LogP contribution in [-0.4, -0.2) is 48.1 Å². The number of amides is 1. The predicted octanol–water partition coefficient (Wildman–Crippen LogP) is 3.25. The summed E-state index contributed by atoms with van der Waals surface area (Å²) in [6.45, 7) is 0.172. The van der Waals surface area contributed by atoms with Gasteiger partial charge in [-0.15, -0.1) is 12.3 Å². The van der Waals surface area contributed by atoms with Gasteiger partial charge >= 0.3 is 12.1 Å². The summed E-state index contributed by atoms with van der Waals surface area (Å²) in [4.78, 5) is 16.6. The van der Waals surface area contributed by atoms with Gasteiger partial charge in [0, 0.05) is 6.42 Å². The van der Waals surface area contributed by atoms with E-state index in [4.69, 9.17) is 25.4 Å². The first kappa shape index (κ1) is 23.3. The predicted molar refractivity (Wildman–Crippen MR) is 121 cm³/mol. The SMILES string of the molecule is C#CCC(COc1nncc(-c2c(OC)cccc2OC)n1)NC(=O)OCc1ccccc1. The van der Waals surface area contributed by atoms with Crippen LogP contribution in [-0.2, 0) is 11.3 Å². The summed E-state index contributed by atoms with van der Waals surface area (Å²) in [5.74, 6) is 3.64. The molecule has 1 heterocycles. The van der Waals surface area contributed by atoms with Crippen molar-refractivity contribution in [3.8, 4) is 41.1 Å². The maximum absolute atomic E-state index is 12.2. The molecule has 0 saturated carbocycles. The molecule has 1 aromatic heterocycles. The molecule has 33 heavy (non-hydrogen) atoms. The van der Waals surface area contributed by atoms with Gasteiger partial charge in [0.25, 0.3) is 0 Å². The Morgan fingerprint density at radius 2 is 1.82 bits per heavy atom. The lowest BCUT2D eigenvalue weighted by Gasteiger charge is -2.17. The number of ether oxygens (including phenoxy) is 4. The number of carbonyl (C=O) groups is 1. The van der Waals surface area contributed by atoms with Gasteiger partial charge in [-0.2, -0.15) is 10.1 Å². The number of rotatable bonds is 10. The third-order valence-electron chi connectivity index (χ3n) is 4.54. The third-order valence-corrected chi connectivity index (χ3v) is 4.54. The normalized spacial score (nSPS) is 11.1. The van der Waals surface area contributed by atoms with Crippen molar-refractivity contribution in [3.05, 3.63) is 60.3 Å². The molecule has 3 aromatic rings. The summed E-state index contributed by atoms with van der Waals surface area (Å²) in [6, 6.07) is 14.2. The summed E-state index contributed by atoms with van der Waals surface area (Å²) in [6.07, 6.45) is 6.54. The quantitative estimate of drug-likeness (QED) is 0.471. The fourth-order valence-corrected chi connectivity index (χ4v) is 2.97. The topological polar surface area (TPSA) is 105 Å². The number of nitrogens with zero attached hydrogens (tertiary/aromatic N) is 3. The highest BCUT2D eigenvalue weighted by Gasteiger charge is 2.17. The molecule has 2 aromatic carbocycles. The van der Waals surface area contributed by atoms with Crippen molar-refractivity contribution in [1.82, 2.24) is 20.5 Å². The number of hydrogen-bond acceptors (Lipinski definition) is 8. The van der Waals surface area contributed by atoms with E-state index in [0.29, 0.717) is 22.8 Å². The Hall–Kier alpha value is -4.32. The number of carbonyl (C=O) groups excluding carboxylic acids is 1. The standard InChI is InChI=1S/C24H24N4O5/c1-4-9-18(26-24(29)33-15-17-10-6-5-7-11-17)16-32-23-27-19(14-25-28-23)22-20(30-2)12-8-13-21(22)31-3/h1,5-8,10-14,18H,9,15-16H2,2-3H3,(H,26,29). The number of nitrogens with one attached hydrogen (secondary N) is 1. The van der Waals surface area contributed by atoms with E-state index < -0.39 is 12.1 Å². The maximum Gasteiger partial charge on any atom is 0.407 e. The molecule has 0 aliphatic carbocycles. The number of methoxy groups -OCH3 is 2. The molecule has 1 atom stereocenters. The molecule has 9 nitrogen and oxygen atoms in total. The minimum absolute atomic E-state index is 0.0157. The molecule has 1 N–H and O–H groups in total. The molecule has 1 unspecified atom stereocenters. The van der Waals surface area contributed by atoms with Crippen LogP contribution in [0.2, 0.25) is 0 Å². The molecule has 0 fully saturated rings. The van der Waals surface area contributed by atoms with Crippen molar-refractivity contribution in [2.24, 2.45) is 0 Å². The molecule has 0 bridgehead atoms.